The molecule has 5 heteroatoms. The maximum Gasteiger partial charge on any atom is 0.227 e. The first-order valence-electron chi connectivity index (χ1n) is 7.18. The van der Waals surface area contributed by atoms with E-state index in [-0.39, 0.29) is 5.91 Å². The summed E-state index contributed by atoms with van der Waals surface area (Å²) in [5, 5.41) is 3.44. The Labute approximate surface area is 120 Å². The Morgan fingerprint density at radius 3 is 3.15 bits per heavy atom. The zero-order valence-corrected chi connectivity index (χ0v) is 12.0. The molecule has 1 aromatic rings. The normalized spacial score (nSPS) is 18.1. The summed E-state index contributed by atoms with van der Waals surface area (Å²) >= 11 is 0. The molecule has 0 aromatic carbocycles. The smallest absolute Gasteiger partial charge is 0.227 e. The fraction of sp³-hybridized carbons (Fsp3) is 0.600. The SMILES string of the molecule is COCCN(CC1CCCN1)C(=O)Cc1cccnc1. The van der Waals surface area contributed by atoms with Crippen LogP contribution in [0.25, 0.3) is 0 Å². The fourth-order valence-corrected chi connectivity index (χ4v) is 2.49. The number of hydrogen-bond acceptors (Lipinski definition) is 4. The molecule has 1 saturated heterocycles. The van der Waals surface area contributed by atoms with Crippen LogP contribution in [0.5, 0.6) is 0 Å². The first-order valence-corrected chi connectivity index (χ1v) is 7.18. The largest absolute Gasteiger partial charge is 0.383 e. The van der Waals surface area contributed by atoms with E-state index in [4.69, 9.17) is 4.74 Å². The molecule has 20 heavy (non-hydrogen) atoms. The molecule has 1 atom stereocenters. The summed E-state index contributed by atoms with van der Waals surface area (Å²) in [6.07, 6.45) is 6.22. The highest BCUT2D eigenvalue weighted by Gasteiger charge is 2.21. The fourth-order valence-electron chi connectivity index (χ4n) is 2.49. The van der Waals surface area contributed by atoms with E-state index in [2.05, 4.69) is 10.3 Å². The van der Waals surface area contributed by atoms with E-state index < -0.39 is 0 Å². The van der Waals surface area contributed by atoms with Crippen molar-refractivity contribution >= 4 is 5.91 Å². The van der Waals surface area contributed by atoms with Gasteiger partial charge in [0.1, 0.15) is 0 Å². The van der Waals surface area contributed by atoms with E-state index in [1.807, 2.05) is 17.0 Å². The lowest BCUT2D eigenvalue weighted by Gasteiger charge is -2.25. The number of carbonyl (C=O) groups excluding carboxylic acids is 1. The van der Waals surface area contributed by atoms with E-state index in [0.29, 0.717) is 25.6 Å². The Bertz CT molecular complexity index is 405. The van der Waals surface area contributed by atoms with E-state index >= 15 is 0 Å². The van der Waals surface area contributed by atoms with E-state index in [9.17, 15) is 4.79 Å². The third-order valence-electron chi connectivity index (χ3n) is 3.60. The quantitative estimate of drug-likeness (QED) is 0.803. The zero-order chi connectivity index (χ0) is 14.2. The molecule has 0 radical (unpaired) electrons. The molecule has 1 fully saturated rings. The molecule has 0 aliphatic carbocycles. The number of aromatic nitrogens is 1. The van der Waals surface area contributed by atoms with E-state index in [1.54, 1.807) is 19.5 Å². The second-order valence-corrected chi connectivity index (χ2v) is 5.16. The molecular formula is C15H23N3O2. The number of hydrogen-bond donors (Lipinski definition) is 1. The van der Waals surface area contributed by atoms with Crippen molar-refractivity contribution in [2.24, 2.45) is 0 Å². The van der Waals surface area contributed by atoms with Gasteiger partial charge >= 0.3 is 0 Å². The summed E-state index contributed by atoms with van der Waals surface area (Å²) in [6.45, 7) is 3.04. The monoisotopic (exact) mass is 277 g/mol. The van der Waals surface area contributed by atoms with Gasteiger partial charge in [-0.1, -0.05) is 6.07 Å². The minimum Gasteiger partial charge on any atom is -0.383 e. The summed E-state index contributed by atoms with van der Waals surface area (Å²) in [5.41, 5.74) is 0.958. The molecule has 1 N–H and O–H groups in total. The Hall–Kier alpha value is -1.46. The van der Waals surface area contributed by atoms with Gasteiger partial charge in [-0.2, -0.15) is 0 Å². The third-order valence-corrected chi connectivity index (χ3v) is 3.60. The van der Waals surface area contributed by atoms with Gasteiger partial charge in [-0.15, -0.1) is 0 Å². The van der Waals surface area contributed by atoms with Crippen LogP contribution in [0.2, 0.25) is 0 Å². The summed E-state index contributed by atoms with van der Waals surface area (Å²) in [5.74, 6) is 0.142. The number of nitrogens with zero attached hydrogens (tertiary/aromatic N) is 2. The van der Waals surface area contributed by atoms with Gasteiger partial charge in [-0.05, 0) is 31.0 Å². The average Bonchev–Trinajstić information content (AvgIpc) is 2.97. The second kappa shape index (κ2) is 7.97. The number of carbonyl (C=O) groups is 1. The molecule has 5 nitrogen and oxygen atoms in total. The van der Waals surface area contributed by atoms with Crippen LogP contribution in [-0.4, -0.2) is 55.2 Å². The van der Waals surface area contributed by atoms with Gasteiger partial charge in [0.2, 0.25) is 5.91 Å². The molecule has 1 amide bonds. The number of rotatable bonds is 7. The minimum atomic E-state index is 0.142. The molecule has 1 unspecified atom stereocenters. The first kappa shape index (κ1) is 14.9. The molecular weight excluding hydrogens is 254 g/mol. The molecule has 0 bridgehead atoms. The third kappa shape index (κ3) is 4.58. The minimum absolute atomic E-state index is 0.142. The molecule has 0 spiro atoms. The van der Waals surface area contributed by atoms with Gasteiger partial charge in [-0.3, -0.25) is 9.78 Å². The van der Waals surface area contributed by atoms with Gasteiger partial charge in [0, 0.05) is 38.6 Å². The molecule has 1 aliphatic rings. The molecule has 2 rings (SSSR count). The lowest BCUT2D eigenvalue weighted by Crippen LogP contribution is -2.43. The summed E-state index contributed by atoms with van der Waals surface area (Å²) in [4.78, 5) is 18.4. The van der Waals surface area contributed by atoms with Crippen molar-refractivity contribution in [3.63, 3.8) is 0 Å². The van der Waals surface area contributed by atoms with Gasteiger partial charge in [-0.25, -0.2) is 0 Å². The average molecular weight is 277 g/mol. The van der Waals surface area contributed by atoms with Crippen molar-refractivity contribution in [3.8, 4) is 0 Å². The lowest BCUT2D eigenvalue weighted by molar-refractivity contribution is -0.131. The summed E-state index contributed by atoms with van der Waals surface area (Å²) in [7, 11) is 1.66. The van der Waals surface area contributed by atoms with E-state index in [0.717, 1.165) is 25.1 Å². The van der Waals surface area contributed by atoms with Crippen LogP contribution in [0.15, 0.2) is 24.5 Å². The predicted molar refractivity (Wildman–Crippen MR) is 77.4 cm³/mol. The van der Waals surface area contributed by atoms with Crippen LogP contribution < -0.4 is 5.32 Å². The van der Waals surface area contributed by atoms with Gasteiger partial charge in [0.05, 0.1) is 13.0 Å². The van der Waals surface area contributed by atoms with Crippen molar-refractivity contribution in [2.45, 2.75) is 25.3 Å². The van der Waals surface area contributed by atoms with Crippen LogP contribution in [-0.2, 0) is 16.0 Å². The highest BCUT2D eigenvalue weighted by molar-refractivity contribution is 5.78. The van der Waals surface area contributed by atoms with Crippen LogP contribution in [0.4, 0.5) is 0 Å². The van der Waals surface area contributed by atoms with Gasteiger partial charge < -0.3 is 15.0 Å². The number of pyridine rings is 1. The standard InChI is InChI=1S/C15H23N3O2/c1-20-9-8-18(12-14-5-3-7-17-14)15(19)10-13-4-2-6-16-11-13/h2,4,6,11,14,17H,3,5,7-10,12H2,1H3. The number of methoxy groups -OCH3 is 1. The lowest BCUT2D eigenvalue weighted by atomic mass is 10.1. The number of nitrogens with one attached hydrogen (secondary N) is 1. The Balaban J connectivity index is 1.91. The van der Waals surface area contributed by atoms with Crippen molar-refractivity contribution in [3.05, 3.63) is 30.1 Å². The Morgan fingerprint density at radius 2 is 2.50 bits per heavy atom. The van der Waals surface area contributed by atoms with Crippen LogP contribution >= 0.6 is 0 Å². The Morgan fingerprint density at radius 1 is 1.60 bits per heavy atom. The van der Waals surface area contributed by atoms with Gasteiger partial charge in [0.15, 0.2) is 0 Å². The molecule has 110 valence electrons. The maximum absolute atomic E-state index is 12.4. The van der Waals surface area contributed by atoms with Crippen LogP contribution in [0, 0.1) is 0 Å². The number of ether oxygens (including phenoxy) is 1. The van der Waals surface area contributed by atoms with Crippen molar-refractivity contribution in [1.82, 2.24) is 15.2 Å². The maximum atomic E-state index is 12.4. The van der Waals surface area contributed by atoms with Gasteiger partial charge in [0.25, 0.3) is 0 Å². The Kier molecular flexibility index (Phi) is 5.95. The predicted octanol–water partition coefficient (Wildman–Crippen LogP) is 0.851. The van der Waals surface area contributed by atoms with E-state index in [1.165, 1.54) is 6.42 Å². The van der Waals surface area contributed by atoms with Crippen molar-refractivity contribution < 1.29 is 9.53 Å². The highest BCUT2D eigenvalue weighted by Crippen LogP contribution is 2.09. The second-order valence-electron chi connectivity index (χ2n) is 5.16. The molecule has 2 heterocycles. The summed E-state index contributed by atoms with van der Waals surface area (Å²) in [6, 6.07) is 4.22. The number of amides is 1. The first-order chi connectivity index (χ1) is 9.79. The molecule has 1 aromatic heterocycles. The topological polar surface area (TPSA) is 54.5 Å². The van der Waals surface area contributed by atoms with Crippen LogP contribution in [0.3, 0.4) is 0 Å². The zero-order valence-electron chi connectivity index (χ0n) is 12.0. The highest BCUT2D eigenvalue weighted by atomic mass is 16.5. The summed E-state index contributed by atoms with van der Waals surface area (Å²) < 4.78 is 5.11. The van der Waals surface area contributed by atoms with Crippen molar-refractivity contribution in [2.75, 3.05) is 33.4 Å². The molecule has 1 aliphatic heterocycles. The van der Waals surface area contributed by atoms with Crippen molar-refractivity contribution in [1.29, 1.82) is 0 Å². The molecule has 0 saturated carbocycles. The van der Waals surface area contributed by atoms with Crippen LogP contribution in [0.1, 0.15) is 18.4 Å².